The average Bonchev–Trinajstić information content (AvgIpc) is 2.80. The number of thiocarbonyl (C=S) groups is 1. The van der Waals surface area contributed by atoms with Crippen molar-refractivity contribution in [2.45, 2.75) is 13.0 Å². The maximum atomic E-state index is 12.0. The van der Waals surface area contributed by atoms with Gasteiger partial charge >= 0.3 is 0 Å². The third kappa shape index (κ3) is 2.81. The zero-order valence-electron chi connectivity index (χ0n) is 9.13. The Labute approximate surface area is 109 Å². The Morgan fingerprint density at radius 2 is 2.24 bits per heavy atom. The third-order valence-electron chi connectivity index (χ3n) is 2.46. The van der Waals surface area contributed by atoms with Crippen LogP contribution in [0.1, 0.15) is 10.4 Å². The van der Waals surface area contributed by atoms with Crippen molar-refractivity contribution in [2.24, 2.45) is 5.73 Å². The number of pyridine rings is 1. The second-order valence-electron chi connectivity index (χ2n) is 3.61. The number of aryl methyl sites for hydroxylation is 2. The van der Waals surface area contributed by atoms with Crippen LogP contribution >= 0.6 is 23.6 Å². The van der Waals surface area contributed by atoms with Gasteiger partial charge in [-0.2, -0.15) is 0 Å². The lowest BCUT2D eigenvalue weighted by molar-refractivity contribution is 0.673. The van der Waals surface area contributed by atoms with Crippen LogP contribution in [-0.2, 0) is 13.0 Å². The smallest absolute Gasteiger partial charge is 0.260 e. The van der Waals surface area contributed by atoms with E-state index in [0.29, 0.717) is 12.1 Å². The molecule has 0 unspecified atom stereocenters. The lowest BCUT2D eigenvalue weighted by Gasteiger charge is -2.06. The Kier molecular flexibility index (Phi) is 3.71. The van der Waals surface area contributed by atoms with Gasteiger partial charge < -0.3 is 10.3 Å². The molecule has 0 bridgehead atoms. The van der Waals surface area contributed by atoms with Gasteiger partial charge in [-0.15, -0.1) is 11.3 Å². The monoisotopic (exact) mass is 264 g/mol. The van der Waals surface area contributed by atoms with Crippen molar-refractivity contribution < 1.29 is 0 Å². The SMILES string of the molecule is NC(=S)c1cccn(CCc2cccs2)c1=O. The van der Waals surface area contributed by atoms with E-state index >= 15 is 0 Å². The molecule has 2 heterocycles. The van der Waals surface area contributed by atoms with Crippen molar-refractivity contribution in [3.05, 3.63) is 56.6 Å². The number of aromatic nitrogens is 1. The van der Waals surface area contributed by atoms with Crippen molar-refractivity contribution in [1.29, 1.82) is 0 Å². The summed E-state index contributed by atoms with van der Waals surface area (Å²) in [5.41, 5.74) is 5.79. The zero-order chi connectivity index (χ0) is 12.3. The molecular formula is C12H12N2OS2. The van der Waals surface area contributed by atoms with Crippen LogP contribution in [0.4, 0.5) is 0 Å². The Balaban J connectivity index is 2.19. The van der Waals surface area contributed by atoms with Gasteiger partial charge in [0.2, 0.25) is 0 Å². The van der Waals surface area contributed by atoms with E-state index in [-0.39, 0.29) is 10.5 Å². The fourth-order valence-electron chi connectivity index (χ4n) is 1.59. The summed E-state index contributed by atoms with van der Waals surface area (Å²) in [6.07, 6.45) is 2.61. The van der Waals surface area contributed by atoms with Crippen LogP contribution < -0.4 is 11.3 Å². The first kappa shape index (κ1) is 12.0. The second-order valence-corrected chi connectivity index (χ2v) is 5.09. The lowest BCUT2D eigenvalue weighted by atomic mass is 10.2. The first-order valence-corrected chi connectivity index (χ1v) is 6.49. The summed E-state index contributed by atoms with van der Waals surface area (Å²) in [6.45, 7) is 0.649. The van der Waals surface area contributed by atoms with E-state index in [0.717, 1.165) is 6.42 Å². The number of rotatable bonds is 4. The number of nitrogens with two attached hydrogens (primary N) is 1. The molecule has 0 aromatic carbocycles. The Morgan fingerprint density at radius 1 is 1.41 bits per heavy atom. The predicted molar refractivity (Wildman–Crippen MR) is 74.6 cm³/mol. The molecule has 2 rings (SSSR count). The molecule has 0 amide bonds. The van der Waals surface area contributed by atoms with Gasteiger partial charge in [0.05, 0.1) is 5.56 Å². The molecule has 0 atom stereocenters. The first-order valence-electron chi connectivity index (χ1n) is 5.20. The standard InChI is InChI=1S/C12H12N2OS2/c13-11(16)10-4-1-6-14(12(10)15)7-5-9-3-2-8-17-9/h1-4,6,8H,5,7H2,(H2,13,16). The van der Waals surface area contributed by atoms with Crippen LogP contribution in [-0.4, -0.2) is 9.56 Å². The number of hydrogen-bond donors (Lipinski definition) is 1. The topological polar surface area (TPSA) is 48.0 Å². The molecule has 2 aromatic rings. The highest BCUT2D eigenvalue weighted by molar-refractivity contribution is 7.80. The highest BCUT2D eigenvalue weighted by Crippen LogP contribution is 2.09. The maximum Gasteiger partial charge on any atom is 0.260 e. The van der Waals surface area contributed by atoms with E-state index in [4.69, 9.17) is 18.0 Å². The predicted octanol–water partition coefficient (Wildman–Crippen LogP) is 1.79. The summed E-state index contributed by atoms with van der Waals surface area (Å²) in [5, 5.41) is 2.03. The van der Waals surface area contributed by atoms with Gasteiger partial charge in [-0.1, -0.05) is 18.3 Å². The highest BCUT2D eigenvalue weighted by Gasteiger charge is 2.05. The number of nitrogens with zero attached hydrogens (tertiary/aromatic N) is 1. The zero-order valence-corrected chi connectivity index (χ0v) is 10.8. The molecule has 2 aromatic heterocycles. The van der Waals surface area contributed by atoms with E-state index < -0.39 is 0 Å². The Bertz CT molecular complexity index is 572. The van der Waals surface area contributed by atoms with Crippen molar-refractivity contribution in [3.63, 3.8) is 0 Å². The minimum absolute atomic E-state index is 0.114. The molecule has 3 nitrogen and oxygen atoms in total. The van der Waals surface area contributed by atoms with Gasteiger partial charge in [-0.3, -0.25) is 4.79 Å². The molecule has 0 radical (unpaired) electrons. The van der Waals surface area contributed by atoms with Crippen molar-refractivity contribution in [3.8, 4) is 0 Å². The van der Waals surface area contributed by atoms with Gasteiger partial charge in [0.25, 0.3) is 5.56 Å². The highest BCUT2D eigenvalue weighted by atomic mass is 32.1. The minimum Gasteiger partial charge on any atom is -0.389 e. The molecule has 0 saturated heterocycles. The molecule has 0 aliphatic rings. The van der Waals surface area contributed by atoms with Crippen LogP contribution in [0, 0.1) is 0 Å². The Hall–Kier alpha value is -1.46. The van der Waals surface area contributed by atoms with Gasteiger partial charge in [0.1, 0.15) is 4.99 Å². The normalized spacial score (nSPS) is 10.4. The van der Waals surface area contributed by atoms with E-state index in [1.165, 1.54) is 4.88 Å². The second kappa shape index (κ2) is 5.25. The van der Waals surface area contributed by atoms with E-state index in [9.17, 15) is 4.79 Å². The van der Waals surface area contributed by atoms with E-state index in [1.54, 1.807) is 34.2 Å². The van der Waals surface area contributed by atoms with Crippen LogP contribution in [0.2, 0.25) is 0 Å². The molecule has 0 aliphatic carbocycles. The van der Waals surface area contributed by atoms with E-state index in [2.05, 4.69) is 6.07 Å². The van der Waals surface area contributed by atoms with Crippen molar-refractivity contribution in [2.75, 3.05) is 0 Å². The summed E-state index contributed by atoms with van der Waals surface area (Å²) in [7, 11) is 0. The van der Waals surface area contributed by atoms with Crippen LogP contribution in [0.3, 0.4) is 0 Å². The molecule has 0 spiro atoms. The average molecular weight is 264 g/mol. The maximum absolute atomic E-state index is 12.0. The van der Waals surface area contributed by atoms with Gasteiger partial charge in [-0.25, -0.2) is 0 Å². The molecule has 0 fully saturated rings. The Morgan fingerprint density at radius 3 is 2.88 bits per heavy atom. The molecule has 17 heavy (non-hydrogen) atoms. The summed E-state index contributed by atoms with van der Waals surface area (Å²) in [5.74, 6) is 0. The quantitative estimate of drug-likeness (QED) is 0.856. The van der Waals surface area contributed by atoms with Gasteiger partial charge in [0.15, 0.2) is 0 Å². The molecule has 2 N–H and O–H groups in total. The molecular weight excluding hydrogens is 252 g/mol. The van der Waals surface area contributed by atoms with Crippen LogP contribution in [0.5, 0.6) is 0 Å². The molecule has 88 valence electrons. The fourth-order valence-corrected chi connectivity index (χ4v) is 2.44. The summed E-state index contributed by atoms with van der Waals surface area (Å²) < 4.78 is 1.65. The third-order valence-corrected chi connectivity index (χ3v) is 3.62. The van der Waals surface area contributed by atoms with Crippen LogP contribution in [0.15, 0.2) is 40.6 Å². The molecule has 0 saturated carbocycles. The summed E-state index contributed by atoms with van der Waals surface area (Å²) in [6, 6.07) is 7.53. The van der Waals surface area contributed by atoms with Crippen molar-refractivity contribution >= 4 is 28.5 Å². The van der Waals surface area contributed by atoms with Crippen molar-refractivity contribution in [1.82, 2.24) is 4.57 Å². The van der Waals surface area contributed by atoms with Crippen LogP contribution in [0.25, 0.3) is 0 Å². The van der Waals surface area contributed by atoms with Gasteiger partial charge in [0, 0.05) is 17.6 Å². The number of thiophene rings is 1. The number of hydrogen-bond acceptors (Lipinski definition) is 3. The minimum atomic E-state index is -0.114. The van der Waals surface area contributed by atoms with Gasteiger partial charge in [-0.05, 0) is 30.0 Å². The summed E-state index contributed by atoms with van der Waals surface area (Å²) in [4.78, 5) is 13.4. The molecule has 0 aliphatic heterocycles. The fraction of sp³-hybridized carbons (Fsp3) is 0.167. The first-order chi connectivity index (χ1) is 8.18. The summed E-state index contributed by atoms with van der Waals surface area (Å²) >= 11 is 6.53. The molecule has 5 heteroatoms. The largest absolute Gasteiger partial charge is 0.389 e. The lowest BCUT2D eigenvalue weighted by Crippen LogP contribution is -2.28. The van der Waals surface area contributed by atoms with E-state index in [1.807, 2.05) is 11.4 Å².